The Kier molecular flexibility index (Phi) is 3.88. The fraction of sp³-hybridized carbons (Fsp3) is 0.900. The minimum atomic E-state index is -0.702. The molecule has 1 heterocycles. The number of aldehydes is 1. The van der Waals surface area contributed by atoms with Crippen LogP contribution in [0.5, 0.6) is 0 Å². The first-order valence-corrected chi connectivity index (χ1v) is 5.08. The lowest BCUT2D eigenvalue weighted by Crippen LogP contribution is -2.44. The van der Waals surface area contributed by atoms with Gasteiger partial charge in [-0.15, -0.1) is 0 Å². The summed E-state index contributed by atoms with van der Waals surface area (Å²) in [5.41, 5.74) is -0.702. The highest BCUT2D eigenvalue weighted by atomic mass is 16.3. The maximum atomic E-state index is 10.3. The zero-order chi connectivity index (χ0) is 9.73. The molecule has 1 rings (SSSR count). The smallest absolute Gasteiger partial charge is 0.122 e. The van der Waals surface area contributed by atoms with Crippen molar-refractivity contribution >= 4 is 6.29 Å². The summed E-state index contributed by atoms with van der Waals surface area (Å²) in [6.07, 6.45) is 3.77. The molecule has 0 aromatic carbocycles. The van der Waals surface area contributed by atoms with E-state index in [1.54, 1.807) is 0 Å². The van der Waals surface area contributed by atoms with E-state index < -0.39 is 5.60 Å². The minimum absolute atomic E-state index is 0.299. The lowest BCUT2D eigenvalue weighted by atomic mass is 9.89. The Labute approximate surface area is 79.7 Å². The van der Waals surface area contributed by atoms with Crippen molar-refractivity contribution in [3.8, 4) is 0 Å². The first kappa shape index (κ1) is 10.7. The van der Waals surface area contributed by atoms with Gasteiger partial charge in [0.05, 0.1) is 5.60 Å². The Morgan fingerprint density at radius 1 is 1.46 bits per heavy atom. The van der Waals surface area contributed by atoms with Gasteiger partial charge in [0.1, 0.15) is 6.29 Å². The van der Waals surface area contributed by atoms with Crippen molar-refractivity contribution in [2.45, 2.75) is 38.2 Å². The van der Waals surface area contributed by atoms with Crippen LogP contribution in [0.4, 0.5) is 0 Å². The van der Waals surface area contributed by atoms with Gasteiger partial charge in [-0.2, -0.15) is 0 Å². The lowest BCUT2D eigenvalue weighted by molar-refractivity contribution is -0.114. The monoisotopic (exact) mass is 185 g/mol. The van der Waals surface area contributed by atoms with E-state index in [2.05, 4.69) is 11.8 Å². The fourth-order valence-corrected chi connectivity index (χ4v) is 1.87. The number of likely N-dealkylation sites (tertiary alicyclic amines) is 1. The van der Waals surface area contributed by atoms with Crippen LogP contribution in [0, 0.1) is 0 Å². The third-order valence-electron chi connectivity index (χ3n) is 2.79. The SMILES string of the molecule is CCCN1CCC(O)(CC=O)CC1. The van der Waals surface area contributed by atoms with Gasteiger partial charge in [0.2, 0.25) is 0 Å². The normalized spacial score (nSPS) is 22.9. The predicted octanol–water partition coefficient (Wildman–Crippen LogP) is 0.812. The summed E-state index contributed by atoms with van der Waals surface area (Å²) < 4.78 is 0. The van der Waals surface area contributed by atoms with E-state index in [9.17, 15) is 9.90 Å². The van der Waals surface area contributed by atoms with E-state index in [0.29, 0.717) is 6.42 Å². The Hall–Kier alpha value is -0.410. The van der Waals surface area contributed by atoms with Gasteiger partial charge in [-0.1, -0.05) is 6.92 Å². The summed E-state index contributed by atoms with van der Waals surface area (Å²) >= 11 is 0. The number of hydrogen-bond acceptors (Lipinski definition) is 3. The van der Waals surface area contributed by atoms with Crippen LogP contribution < -0.4 is 0 Å². The molecule has 3 heteroatoms. The zero-order valence-corrected chi connectivity index (χ0v) is 8.33. The van der Waals surface area contributed by atoms with Crippen molar-refractivity contribution < 1.29 is 9.90 Å². The maximum Gasteiger partial charge on any atom is 0.122 e. The van der Waals surface area contributed by atoms with E-state index in [4.69, 9.17) is 0 Å². The highest BCUT2D eigenvalue weighted by Crippen LogP contribution is 2.24. The van der Waals surface area contributed by atoms with E-state index in [1.165, 1.54) is 0 Å². The van der Waals surface area contributed by atoms with Crippen LogP contribution in [0.15, 0.2) is 0 Å². The molecular weight excluding hydrogens is 166 g/mol. The van der Waals surface area contributed by atoms with Gasteiger partial charge in [-0.25, -0.2) is 0 Å². The molecular formula is C10H19NO2. The second-order valence-electron chi connectivity index (χ2n) is 3.94. The largest absolute Gasteiger partial charge is 0.389 e. The minimum Gasteiger partial charge on any atom is -0.389 e. The molecule has 0 saturated carbocycles. The molecule has 0 radical (unpaired) electrons. The number of aliphatic hydroxyl groups is 1. The van der Waals surface area contributed by atoms with Crippen LogP contribution in [0.1, 0.15) is 32.6 Å². The quantitative estimate of drug-likeness (QED) is 0.659. The molecule has 0 atom stereocenters. The zero-order valence-electron chi connectivity index (χ0n) is 8.33. The Bertz CT molecular complexity index is 162. The van der Waals surface area contributed by atoms with Crippen LogP contribution in [0.25, 0.3) is 0 Å². The number of nitrogens with zero attached hydrogens (tertiary/aromatic N) is 1. The molecule has 13 heavy (non-hydrogen) atoms. The van der Waals surface area contributed by atoms with Crippen molar-refractivity contribution in [3.63, 3.8) is 0 Å². The van der Waals surface area contributed by atoms with Crippen molar-refractivity contribution in [2.75, 3.05) is 19.6 Å². The summed E-state index contributed by atoms with van der Waals surface area (Å²) in [6, 6.07) is 0. The van der Waals surface area contributed by atoms with Crippen LogP contribution in [0.3, 0.4) is 0 Å². The van der Waals surface area contributed by atoms with Gasteiger partial charge in [-0.3, -0.25) is 0 Å². The molecule has 1 aliphatic rings. The van der Waals surface area contributed by atoms with E-state index in [-0.39, 0.29) is 0 Å². The molecule has 0 aliphatic carbocycles. The molecule has 3 nitrogen and oxygen atoms in total. The summed E-state index contributed by atoms with van der Waals surface area (Å²) in [6.45, 7) is 5.12. The number of piperidine rings is 1. The third kappa shape index (κ3) is 3.08. The van der Waals surface area contributed by atoms with Gasteiger partial charge in [-0.05, 0) is 25.8 Å². The molecule has 1 N–H and O–H groups in total. The summed E-state index contributed by atoms with van der Waals surface area (Å²) in [4.78, 5) is 12.7. The molecule has 0 spiro atoms. The van der Waals surface area contributed by atoms with Crippen molar-refractivity contribution in [3.05, 3.63) is 0 Å². The summed E-state index contributed by atoms with van der Waals surface area (Å²) in [7, 11) is 0. The number of hydrogen-bond donors (Lipinski definition) is 1. The molecule has 1 saturated heterocycles. The first-order chi connectivity index (χ1) is 6.20. The molecule has 0 bridgehead atoms. The third-order valence-corrected chi connectivity index (χ3v) is 2.79. The number of carbonyl (C=O) groups excluding carboxylic acids is 1. The van der Waals surface area contributed by atoms with Crippen molar-refractivity contribution in [1.29, 1.82) is 0 Å². The summed E-state index contributed by atoms with van der Waals surface area (Å²) in [5.74, 6) is 0. The van der Waals surface area contributed by atoms with Crippen LogP contribution in [-0.4, -0.2) is 41.5 Å². The standard InChI is InChI=1S/C10H19NO2/c1-2-6-11-7-3-10(13,4-8-11)5-9-12/h9,13H,2-8H2,1H3. The van der Waals surface area contributed by atoms with Crippen LogP contribution >= 0.6 is 0 Å². The average Bonchev–Trinajstić information content (AvgIpc) is 2.10. The number of rotatable bonds is 4. The lowest BCUT2D eigenvalue weighted by Gasteiger charge is -2.37. The van der Waals surface area contributed by atoms with Gasteiger partial charge in [0.25, 0.3) is 0 Å². The van der Waals surface area contributed by atoms with Gasteiger partial charge in [0, 0.05) is 19.5 Å². The molecule has 76 valence electrons. The first-order valence-electron chi connectivity index (χ1n) is 5.08. The van der Waals surface area contributed by atoms with Crippen molar-refractivity contribution in [2.24, 2.45) is 0 Å². The molecule has 0 unspecified atom stereocenters. The van der Waals surface area contributed by atoms with Gasteiger partial charge < -0.3 is 14.8 Å². The molecule has 0 aromatic rings. The van der Waals surface area contributed by atoms with E-state index >= 15 is 0 Å². The average molecular weight is 185 g/mol. The number of carbonyl (C=O) groups is 1. The highest BCUT2D eigenvalue weighted by Gasteiger charge is 2.31. The van der Waals surface area contributed by atoms with Crippen LogP contribution in [-0.2, 0) is 4.79 Å². The Balaban J connectivity index is 2.32. The molecule has 0 amide bonds. The highest BCUT2D eigenvalue weighted by molar-refractivity contribution is 5.51. The predicted molar refractivity (Wildman–Crippen MR) is 51.6 cm³/mol. The second kappa shape index (κ2) is 4.72. The molecule has 1 aliphatic heterocycles. The molecule has 0 aromatic heterocycles. The topological polar surface area (TPSA) is 40.5 Å². The van der Waals surface area contributed by atoms with Crippen LogP contribution in [0.2, 0.25) is 0 Å². The van der Waals surface area contributed by atoms with Gasteiger partial charge >= 0.3 is 0 Å². The van der Waals surface area contributed by atoms with E-state index in [1.807, 2.05) is 0 Å². The fourth-order valence-electron chi connectivity index (χ4n) is 1.87. The summed E-state index contributed by atoms with van der Waals surface area (Å²) in [5, 5.41) is 9.90. The van der Waals surface area contributed by atoms with Gasteiger partial charge in [0.15, 0.2) is 0 Å². The Morgan fingerprint density at radius 3 is 2.54 bits per heavy atom. The second-order valence-corrected chi connectivity index (χ2v) is 3.94. The van der Waals surface area contributed by atoms with E-state index in [0.717, 1.165) is 45.2 Å². The van der Waals surface area contributed by atoms with Crippen molar-refractivity contribution in [1.82, 2.24) is 4.90 Å². The molecule has 1 fully saturated rings. The maximum absolute atomic E-state index is 10.3. The Morgan fingerprint density at radius 2 is 2.08 bits per heavy atom.